The van der Waals surface area contributed by atoms with Crippen molar-refractivity contribution in [2.45, 2.75) is 6.92 Å². The van der Waals surface area contributed by atoms with E-state index < -0.39 is 5.97 Å². The lowest BCUT2D eigenvalue weighted by molar-refractivity contribution is -0.131. The SMILES string of the molecule is CC(=CC(=O)O)c1cc2ccccc2o1. The molecule has 0 bridgehead atoms. The second-order valence-electron chi connectivity index (χ2n) is 3.31. The summed E-state index contributed by atoms with van der Waals surface area (Å²) in [7, 11) is 0. The third-order valence-electron chi connectivity index (χ3n) is 2.15. The van der Waals surface area contributed by atoms with Crippen molar-refractivity contribution in [3.05, 3.63) is 42.2 Å². The van der Waals surface area contributed by atoms with Gasteiger partial charge >= 0.3 is 5.97 Å². The van der Waals surface area contributed by atoms with Gasteiger partial charge in [-0.1, -0.05) is 18.2 Å². The number of carboxylic acids is 1. The molecule has 2 rings (SSSR count). The number of rotatable bonds is 2. The summed E-state index contributed by atoms with van der Waals surface area (Å²) in [6, 6.07) is 9.41. The molecule has 1 heterocycles. The number of aliphatic carboxylic acids is 1. The Balaban J connectivity index is 2.49. The maximum atomic E-state index is 10.5. The van der Waals surface area contributed by atoms with Crippen LogP contribution < -0.4 is 0 Å². The van der Waals surface area contributed by atoms with E-state index >= 15 is 0 Å². The molecule has 2 aromatic rings. The third kappa shape index (κ3) is 1.91. The molecule has 0 spiro atoms. The molecule has 0 saturated heterocycles. The van der Waals surface area contributed by atoms with Crippen LogP contribution in [0.3, 0.4) is 0 Å². The molecular formula is C12H10O3. The van der Waals surface area contributed by atoms with Gasteiger partial charge in [0.25, 0.3) is 0 Å². The molecule has 1 aromatic heterocycles. The molecule has 0 atom stereocenters. The molecule has 0 aliphatic heterocycles. The maximum Gasteiger partial charge on any atom is 0.328 e. The Kier molecular flexibility index (Phi) is 2.29. The fourth-order valence-electron chi connectivity index (χ4n) is 1.43. The summed E-state index contributed by atoms with van der Waals surface area (Å²) in [5, 5.41) is 9.58. The van der Waals surface area contributed by atoms with Crippen LogP contribution in [-0.2, 0) is 4.79 Å². The Morgan fingerprint density at radius 2 is 2.13 bits per heavy atom. The Morgan fingerprint density at radius 1 is 1.40 bits per heavy atom. The van der Waals surface area contributed by atoms with Crippen molar-refractivity contribution >= 4 is 22.5 Å². The smallest absolute Gasteiger partial charge is 0.328 e. The minimum absolute atomic E-state index is 0.596. The van der Waals surface area contributed by atoms with Crippen molar-refractivity contribution < 1.29 is 14.3 Å². The molecule has 3 nitrogen and oxygen atoms in total. The lowest BCUT2D eigenvalue weighted by Crippen LogP contribution is -1.88. The Labute approximate surface area is 86.6 Å². The van der Waals surface area contributed by atoms with Gasteiger partial charge in [0.15, 0.2) is 0 Å². The lowest BCUT2D eigenvalue weighted by atomic mass is 10.2. The summed E-state index contributed by atoms with van der Waals surface area (Å²) >= 11 is 0. The molecule has 15 heavy (non-hydrogen) atoms. The van der Waals surface area contributed by atoms with E-state index in [2.05, 4.69) is 0 Å². The second-order valence-corrected chi connectivity index (χ2v) is 3.31. The first-order valence-electron chi connectivity index (χ1n) is 4.57. The minimum Gasteiger partial charge on any atom is -0.478 e. The van der Waals surface area contributed by atoms with Gasteiger partial charge in [-0.2, -0.15) is 0 Å². The molecular weight excluding hydrogens is 192 g/mol. The van der Waals surface area contributed by atoms with Crippen molar-refractivity contribution in [2.24, 2.45) is 0 Å². The first-order chi connectivity index (χ1) is 7.16. The topological polar surface area (TPSA) is 50.4 Å². The molecule has 0 fully saturated rings. The maximum absolute atomic E-state index is 10.5. The van der Waals surface area contributed by atoms with Gasteiger partial charge in [-0.05, 0) is 24.6 Å². The number of benzene rings is 1. The van der Waals surface area contributed by atoms with E-state index in [-0.39, 0.29) is 0 Å². The monoisotopic (exact) mass is 202 g/mol. The van der Waals surface area contributed by atoms with Crippen LogP contribution in [0.4, 0.5) is 0 Å². The molecule has 0 aliphatic rings. The second kappa shape index (κ2) is 3.61. The van der Waals surface area contributed by atoms with Crippen molar-refractivity contribution in [3.8, 4) is 0 Å². The van der Waals surface area contributed by atoms with Crippen molar-refractivity contribution in [2.75, 3.05) is 0 Å². The molecule has 0 aliphatic carbocycles. The van der Waals surface area contributed by atoms with Gasteiger partial charge in [0, 0.05) is 11.5 Å². The average molecular weight is 202 g/mol. The van der Waals surface area contributed by atoms with Gasteiger partial charge in [-0.3, -0.25) is 0 Å². The zero-order chi connectivity index (χ0) is 10.8. The predicted molar refractivity (Wildman–Crippen MR) is 57.5 cm³/mol. The summed E-state index contributed by atoms with van der Waals surface area (Å²) in [4.78, 5) is 10.5. The average Bonchev–Trinajstić information content (AvgIpc) is 2.59. The zero-order valence-electron chi connectivity index (χ0n) is 8.23. The van der Waals surface area contributed by atoms with E-state index in [0.717, 1.165) is 17.0 Å². The van der Waals surface area contributed by atoms with E-state index in [1.807, 2.05) is 30.3 Å². The summed E-state index contributed by atoms with van der Waals surface area (Å²) in [5.41, 5.74) is 1.38. The lowest BCUT2D eigenvalue weighted by Gasteiger charge is -1.92. The Bertz CT molecular complexity index is 502. The molecule has 0 amide bonds. The van der Waals surface area contributed by atoms with Crippen LogP contribution in [0.1, 0.15) is 12.7 Å². The highest BCUT2D eigenvalue weighted by Gasteiger charge is 2.05. The Hall–Kier alpha value is -2.03. The van der Waals surface area contributed by atoms with Crippen LogP contribution in [0.5, 0.6) is 0 Å². The van der Waals surface area contributed by atoms with Crippen LogP contribution >= 0.6 is 0 Å². The van der Waals surface area contributed by atoms with Gasteiger partial charge < -0.3 is 9.52 Å². The zero-order valence-corrected chi connectivity index (χ0v) is 8.23. The number of furan rings is 1. The van der Waals surface area contributed by atoms with Gasteiger partial charge in [-0.15, -0.1) is 0 Å². The van der Waals surface area contributed by atoms with Crippen LogP contribution in [0.15, 0.2) is 40.8 Å². The normalized spacial score (nSPS) is 11.9. The minimum atomic E-state index is -0.965. The molecule has 1 aromatic carbocycles. The fraction of sp³-hybridized carbons (Fsp3) is 0.0833. The first-order valence-corrected chi connectivity index (χ1v) is 4.57. The quantitative estimate of drug-likeness (QED) is 0.761. The van der Waals surface area contributed by atoms with Crippen LogP contribution in [0.25, 0.3) is 16.5 Å². The molecule has 0 radical (unpaired) electrons. The number of carboxylic acid groups (broad SMARTS) is 1. The van der Waals surface area contributed by atoms with Crippen molar-refractivity contribution in [1.29, 1.82) is 0 Å². The van der Waals surface area contributed by atoms with Gasteiger partial charge in [0.1, 0.15) is 11.3 Å². The van der Waals surface area contributed by atoms with E-state index in [9.17, 15) is 4.79 Å². The number of hydrogen-bond donors (Lipinski definition) is 1. The number of hydrogen-bond acceptors (Lipinski definition) is 2. The molecule has 3 heteroatoms. The standard InChI is InChI=1S/C12H10O3/c1-8(6-12(13)14)11-7-9-4-2-3-5-10(9)15-11/h2-7H,1H3,(H,13,14). The van der Waals surface area contributed by atoms with Crippen LogP contribution in [-0.4, -0.2) is 11.1 Å². The highest BCUT2D eigenvalue weighted by Crippen LogP contribution is 2.23. The number of allylic oxidation sites excluding steroid dienone is 1. The largest absolute Gasteiger partial charge is 0.478 e. The van der Waals surface area contributed by atoms with Crippen molar-refractivity contribution in [1.82, 2.24) is 0 Å². The highest BCUT2D eigenvalue weighted by atomic mass is 16.4. The Morgan fingerprint density at radius 3 is 2.80 bits per heavy atom. The van der Waals surface area contributed by atoms with E-state index in [1.54, 1.807) is 6.92 Å². The molecule has 76 valence electrons. The number of fused-ring (bicyclic) bond motifs is 1. The predicted octanol–water partition coefficient (Wildman–Crippen LogP) is 2.92. The number of para-hydroxylation sites is 1. The molecule has 1 N–H and O–H groups in total. The third-order valence-corrected chi connectivity index (χ3v) is 2.15. The summed E-state index contributed by atoms with van der Waals surface area (Å²) in [6.07, 6.45) is 1.14. The molecule has 0 unspecified atom stereocenters. The summed E-state index contributed by atoms with van der Waals surface area (Å²) < 4.78 is 5.50. The summed E-state index contributed by atoms with van der Waals surface area (Å²) in [6.45, 7) is 1.71. The fourth-order valence-corrected chi connectivity index (χ4v) is 1.43. The highest BCUT2D eigenvalue weighted by molar-refractivity contribution is 5.90. The number of carbonyl (C=O) groups is 1. The van der Waals surface area contributed by atoms with Gasteiger partial charge in [0.2, 0.25) is 0 Å². The van der Waals surface area contributed by atoms with Crippen molar-refractivity contribution in [3.63, 3.8) is 0 Å². The van der Waals surface area contributed by atoms with Crippen LogP contribution in [0, 0.1) is 0 Å². The van der Waals surface area contributed by atoms with E-state index in [0.29, 0.717) is 11.3 Å². The van der Waals surface area contributed by atoms with E-state index in [1.165, 1.54) is 0 Å². The summed E-state index contributed by atoms with van der Waals surface area (Å²) in [5.74, 6) is -0.369. The van der Waals surface area contributed by atoms with E-state index in [4.69, 9.17) is 9.52 Å². The first kappa shape index (κ1) is 9.52. The van der Waals surface area contributed by atoms with Gasteiger partial charge in [-0.25, -0.2) is 4.79 Å². The van der Waals surface area contributed by atoms with Crippen LogP contribution in [0.2, 0.25) is 0 Å². The molecule has 0 saturated carbocycles. The van der Waals surface area contributed by atoms with Gasteiger partial charge in [0.05, 0.1) is 0 Å².